The van der Waals surface area contributed by atoms with E-state index in [9.17, 15) is 4.79 Å². The van der Waals surface area contributed by atoms with Gasteiger partial charge in [0.2, 0.25) is 0 Å². The largest absolute Gasteiger partial charge is 0.451 e. The summed E-state index contributed by atoms with van der Waals surface area (Å²) in [4.78, 5) is 12.0. The lowest BCUT2D eigenvalue weighted by molar-refractivity contribution is -0.225. The van der Waals surface area contributed by atoms with Crippen LogP contribution in [0.4, 0.5) is 4.79 Å². The predicted octanol–water partition coefficient (Wildman–Crippen LogP) is 3.33. The number of amides is 1. The Morgan fingerprint density at radius 3 is 2.16 bits per heavy atom. The molecule has 0 spiro atoms. The van der Waals surface area contributed by atoms with E-state index in [0.29, 0.717) is 0 Å². The zero-order valence-electron chi connectivity index (χ0n) is 12.7. The molecule has 3 rings (SSSR count). The lowest BCUT2D eigenvalue weighted by atomic mass is 9.23. The third kappa shape index (κ3) is 0.753. The van der Waals surface area contributed by atoms with Crippen molar-refractivity contribution in [1.82, 2.24) is 5.01 Å². The molecule has 5 heteroatoms. The molecule has 0 aromatic heterocycles. The van der Waals surface area contributed by atoms with E-state index >= 15 is 0 Å². The summed E-state index contributed by atoms with van der Waals surface area (Å²) < 4.78 is 4.86. The Balaban J connectivity index is 2.20. The van der Waals surface area contributed by atoms with Gasteiger partial charge in [-0.15, -0.1) is 0 Å². The number of rotatable bonds is 0. The van der Waals surface area contributed by atoms with Gasteiger partial charge in [-0.3, -0.25) is 0 Å². The van der Waals surface area contributed by atoms with Crippen molar-refractivity contribution in [1.29, 1.82) is 0 Å². The van der Waals surface area contributed by atoms with Gasteiger partial charge in [0.1, 0.15) is 11.1 Å². The first-order chi connectivity index (χ1) is 8.64. The first kappa shape index (κ1) is 12.6. The van der Waals surface area contributed by atoms with Gasteiger partial charge in [-0.1, -0.05) is 30.2 Å². The number of ether oxygens (including phenoxy) is 1. The SMILES string of the molecule is COC(=O)N1N=N[C@]2(C)[C@]3(C)C(C)=C(C)[C@@]3(C)[C@]12C. The van der Waals surface area contributed by atoms with Crippen molar-refractivity contribution in [3.8, 4) is 0 Å². The smallest absolute Gasteiger partial charge is 0.432 e. The molecule has 19 heavy (non-hydrogen) atoms. The molecule has 104 valence electrons. The van der Waals surface area contributed by atoms with Gasteiger partial charge in [-0.05, 0) is 27.7 Å². The van der Waals surface area contributed by atoms with Crippen LogP contribution in [0.2, 0.25) is 0 Å². The maximum Gasteiger partial charge on any atom is 0.432 e. The Bertz CT molecular complexity index is 569. The maximum absolute atomic E-state index is 12.0. The van der Waals surface area contributed by atoms with Crippen molar-refractivity contribution in [3.05, 3.63) is 11.1 Å². The highest BCUT2D eigenvalue weighted by Gasteiger charge is 2.90. The summed E-state index contributed by atoms with van der Waals surface area (Å²) in [5, 5.41) is 10.0. The molecule has 4 atom stereocenters. The molecular formula is C14H21N3O2. The van der Waals surface area contributed by atoms with Gasteiger partial charge < -0.3 is 4.74 Å². The Morgan fingerprint density at radius 2 is 1.63 bits per heavy atom. The molecule has 0 radical (unpaired) electrons. The number of nitrogens with zero attached hydrogens (tertiary/aromatic N) is 3. The molecule has 0 aromatic carbocycles. The van der Waals surface area contributed by atoms with Crippen LogP contribution >= 0.6 is 0 Å². The van der Waals surface area contributed by atoms with E-state index in [1.165, 1.54) is 23.3 Å². The molecule has 1 fully saturated rings. The summed E-state index contributed by atoms with van der Waals surface area (Å²) in [7, 11) is 1.38. The molecule has 0 saturated heterocycles. The van der Waals surface area contributed by atoms with Gasteiger partial charge in [0.25, 0.3) is 0 Å². The Morgan fingerprint density at radius 1 is 1.11 bits per heavy atom. The third-order valence-corrected chi connectivity index (χ3v) is 7.06. The summed E-state index contributed by atoms with van der Waals surface area (Å²) in [6.07, 6.45) is -0.435. The molecule has 2 aliphatic carbocycles. The van der Waals surface area contributed by atoms with Crippen LogP contribution in [0.5, 0.6) is 0 Å². The minimum Gasteiger partial charge on any atom is -0.451 e. The van der Waals surface area contributed by atoms with E-state index in [1.807, 2.05) is 0 Å². The molecule has 1 heterocycles. The zero-order chi connectivity index (χ0) is 14.4. The van der Waals surface area contributed by atoms with E-state index in [-0.39, 0.29) is 16.4 Å². The monoisotopic (exact) mass is 263 g/mol. The van der Waals surface area contributed by atoms with Gasteiger partial charge in [-0.2, -0.15) is 10.1 Å². The summed E-state index contributed by atoms with van der Waals surface area (Å²) >= 11 is 0. The highest BCUT2D eigenvalue weighted by molar-refractivity contribution is 5.73. The second-order valence-corrected chi connectivity index (χ2v) is 6.62. The molecule has 1 aliphatic heterocycles. The van der Waals surface area contributed by atoms with Crippen LogP contribution in [-0.2, 0) is 4.74 Å². The Labute approximate surface area is 113 Å². The second-order valence-electron chi connectivity index (χ2n) is 6.62. The zero-order valence-corrected chi connectivity index (χ0v) is 12.7. The minimum atomic E-state index is -0.453. The average molecular weight is 263 g/mol. The van der Waals surface area contributed by atoms with Crippen LogP contribution in [0.1, 0.15) is 41.5 Å². The molecule has 0 unspecified atom stereocenters. The topological polar surface area (TPSA) is 54.3 Å². The summed E-state index contributed by atoms with van der Waals surface area (Å²) in [6.45, 7) is 12.9. The maximum atomic E-state index is 12.0. The highest BCUT2D eigenvalue weighted by Crippen LogP contribution is 2.84. The molecule has 0 N–H and O–H groups in total. The number of carbonyl (C=O) groups excluding carboxylic acids is 1. The Kier molecular flexibility index (Phi) is 1.90. The number of methoxy groups -OCH3 is 1. The van der Waals surface area contributed by atoms with E-state index in [0.717, 1.165) is 0 Å². The molecule has 0 aromatic rings. The lowest BCUT2D eigenvalue weighted by Crippen LogP contribution is -2.89. The van der Waals surface area contributed by atoms with Crippen LogP contribution in [0, 0.1) is 10.8 Å². The van der Waals surface area contributed by atoms with Crippen molar-refractivity contribution < 1.29 is 9.53 Å². The quantitative estimate of drug-likeness (QED) is 0.629. The molecule has 3 aliphatic rings. The van der Waals surface area contributed by atoms with Crippen molar-refractivity contribution in [2.45, 2.75) is 52.6 Å². The van der Waals surface area contributed by atoms with Gasteiger partial charge >= 0.3 is 6.09 Å². The molecule has 0 bridgehead atoms. The fourth-order valence-corrected chi connectivity index (χ4v) is 5.20. The van der Waals surface area contributed by atoms with Crippen LogP contribution in [0.3, 0.4) is 0 Å². The van der Waals surface area contributed by atoms with Gasteiger partial charge in [-0.25, -0.2) is 4.79 Å². The molecule has 1 saturated carbocycles. The second kappa shape index (κ2) is 2.86. The van der Waals surface area contributed by atoms with Crippen LogP contribution in [0.25, 0.3) is 0 Å². The third-order valence-electron chi connectivity index (χ3n) is 7.06. The number of fused-ring (bicyclic) bond motifs is 4. The fraction of sp³-hybridized carbons (Fsp3) is 0.786. The average Bonchev–Trinajstić information content (AvgIpc) is 2.67. The molecule has 5 nitrogen and oxygen atoms in total. The van der Waals surface area contributed by atoms with E-state index < -0.39 is 11.6 Å². The minimum absolute atomic E-state index is 0.0366. The summed E-state index contributed by atoms with van der Waals surface area (Å²) in [5.41, 5.74) is 1.75. The number of hydrogen-bond donors (Lipinski definition) is 0. The Hall–Kier alpha value is -1.39. The van der Waals surface area contributed by atoms with Crippen LogP contribution in [0.15, 0.2) is 21.5 Å². The number of hydrogen-bond acceptors (Lipinski definition) is 4. The summed E-state index contributed by atoms with van der Waals surface area (Å²) in [5.74, 6) is 0. The van der Waals surface area contributed by atoms with E-state index in [1.54, 1.807) is 0 Å². The highest BCUT2D eigenvalue weighted by atomic mass is 16.5. The first-order valence-corrected chi connectivity index (χ1v) is 6.64. The van der Waals surface area contributed by atoms with Gasteiger partial charge in [0.05, 0.1) is 7.11 Å². The number of carbonyl (C=O) groups is 1. The van der Waals surface area contributed by atoms with Crippen LogP contribution < -0.4 is 0 Å². The van der Waals surface area contributed by atoms with Crippen molar-refractivity contribution in [2.75, 3.05) is 7.11 Å². The predicted molar refractivity (Wildman–Crippen MR) is 70.5 cm³/mol. The summed E-state index contributed by atoms with van der Waals surface area (Å²) in [6, 6.07) is 0. The van der Waals surface area contributed by atoms with Crippen molar-refractivity contribution >= 4 is 6.09 Å². The van der Waals surface area contributed by atoms with Gasteiger partial charge in [0, 0.05) is 10.8 Å². The molecule has 1 amide bonds. The standard InChI is InChI=1S/C14H21N3O2/c1-8-9(2)12(4)11(8,3)13(5)14(12,6)17(16-15-13)10(18)19-7/h1-7H3/t11-,12-,13-,14+/m1/s1. The normalized spacial score (nSPS) is 50.4. The van der Waals surface area contributed by atoms with E-state index in [4.69, 9.17) is 4.74 Å². The van der Waals surface area contributed by atoms with Crippen LogP contribution in [-0.4, -0.2) is 29.3 Å². The van der Waals surface area contributed by atoms with E-state index in [2.05, 4.69) is 51.9 Å². The molecular weight excluding hydrogens is 242 g/mol. The van der Waals surface area contributed by atoms with Crippen molar-refractivity contribution in [2.24, 2.45) is 21.2 Å². The fourth-order valence-electron chi connectivity index (χ4n) is 5.20. The lowest BCUT2D eigenvalue weighted by Gasteiger charge is -2.81. The van der Waals surface area contributed by atoms with Gasteiger partial charge in [0.15, 0.2) is 0 Å². The van der Waals surface area contributed by atoms with Crippen molar-refractivity contribution in [3.63, 3.8) is 0 Å². The first-order valence-electron chi connectivity index (χ1n) is 6.64.